The summed E-state index contributed by atoms with van der Waals surface area (Å²) in [5, 5.41) is 11.3. The summed E-state index contributed by atoms with van der Waals surface area (Å²) >= 11 is 3.36. The SMILES string of the molecule is Cc1nc2sc3c(c2c(-c2ccc4scnc4c2)c1C(OC(C)(C)C)C(=O)O)CCCC3. The largest absolute Gasteiger partial charge is 0.479 e. The fraction of sp³-hybridized carbons (Fsp3) is 0.400. The summed E-state index contributed by atoms with van der Waals surface area (Å²) in [7, 11) is 0. The van der Waals surface area contributed by atoms with Crippen molar-refractivity contribution < 1.29 is 14.6 Å². The van der Waals surface area contributed by atoms with Gasteiger partial charge in [0, 0.05) is 27.1 Å². The molecule has 5 rings (SSSR count). The molecule has 0 amide bonds. The Morgan fingerprint density at radius 2 is 2.00 bits per heavy atom. The molecule has 3 heterocycles. The highest BCUT2D eigenvalue weighted by Gasteiger charge is 2.34. The van der Waals surface area contributed by atoms with E-state index < -0.39 is 17.7 Å². The van der Waals surface area contributed by atoms with Gasteiger partial charge in [0.05, 0.1) is 21.3 Å². The summed E-state index contributed by atoms with van der Waals surface area (Å²) in [6.07, 6.45) is 3.30. The zero-order valence-corrected chi connectivity index (χ0v) is 20.3. The van der Waals surface area contributed by atoms with Crippen molar-refractivity contribution in [1.82, 2.24) is 9.97 Å². The molecular weight excluding hydrogens is 440 g/mol. The van der Waals surface area contributed by atoms with Crippen LogP contribution in [0.1, 0.15) is 61.4 Å². The van der Waals surface area contributed by atoms with Crippen LogP contribution in [-0.4, -0.2) is 26.6 Å². The summed E-state index contributed by atoms with van der Waals surface area (Å²) in [4.78, 5) is 24.3. The number of thiazole rings is 1. The summed E-state index contributed by atoms with van der Waals surface area (Å²) < 4.78 is 7.24. The van der Waals surface area contributed by atoms with E-state index in [0.29, 0.717) is 11.3 Å². The van der Waals surface area contributed by atoms with Gasteiger partial charge in [0.1, 0.15) is 4.83 Å². The lowest BCUT2D eigenvalue weighted by atomic mass is 9.88. The third-order valence-electron chi connectivity index (χ3n) is 5.91. The van der Waals surface area contributed by atoms with Crippen molar-refractivity contribution in [2.75, 3.05) is 0 Å². The monoisotopic (exact) mass is 466 g/mol. The van der Waals surface area contributed by atoms with Crippen molar-refractivity contribution in [1.29, 1.82) is 0 Å². The normalized spacial score (nSPS) is 15.2. The molecule has 4 aromatic rings. The second-order valence-corrected chi connectivity index (χ2v) is 11.3. The molecule has 1 atom stereocenters. The average molecular weight is 467 g/mol. The number of thiophene rings is 1. The number of aliphatic carboxylic acids is 1. The number of fused-ring (bicyclic) bond motifs is 4. The van der Waals surface area contributed by atoms with Gasteiger partial charge in [-0.2, -0.15) is 0 Å². The van der Waals surface area contributed by atoms with E-state index in [1.165, 1.54) is 16.9 Å². The van der Waals surface area contributed by atoms with Crippen molar-refractivity contribution in [3.63, 3.8) is 0 Å². The molecule has 7 heteroatoms. The van der Waals surface area contributed by atoms with E-state index in [0.717, 1.165) is 50.8 Å². The molecule has 0 spiro atoms. The fourth-order valence-corrected chi connectivity index (χ4v) is 6.61. The Labute approximate surface area is 195 Å². The van der Waals surface area contributed by atoms with E-state index in [9.17, 15) is 9.90 Å². The molecule has 0 saturated carbocycles. The van der Waals surface area contributed by atoms with Crippen LogP contribution in [-0.2, 0) is 22.4 Å². The second kappa shape index (κ2) is 7.90. The van der Waals surface area contributed by atoms with Gasteiger partial charge >= 0.3 is 5.97 Å². The molecule has 3 aromatic heterocycles. The topological polar surface area (TPSA) is 72.3 Å². The van der Waals surface area contributed by atoms with Crippen molar-refractivity contribution in [3.8, 4) is 11.1 Å². The minimum Gasteiger partial charge on any atom is -0.479 e. The Bertz CT molecular complexity index is 1350. The maximum atomic E-state index is 12.5. The lowest BCUT2D eigenvalue weighted by Gasteiger charge is -2.28. The molecule has 32 heavy (non-hydrogen) atoms. The number of carboxylic acids is 1. The van der Waals surface area contributed by atoms with Crippen molar-refractivity contribution >= 4 is 49.1 Å². The Kier molecular flexibility index (Phi) is 5.31. The number of hydrogen-bond donors (Lipinski definition) is 1. The molecule has 1 aliphatic rings. The smallest absolute Gasteiger partial charge is 0.337 e. The Balaban J connectivity index is 1.87. The maximum Gasteiger partial charge on any atom is 0.337 e. The first-order valence-corrected chi connectivity index (χ1v) is 12.6. The molecule has 1 aliphatic carbocycles. The Hall–Kier alpha value is -2.35. The number of nitrogens with zero attached hydrogens (tertiary/aromatic N) is 2. The zero-order chi connectivity index (χ0) is 22.6. The molecule has 0 radical (unpaired) electrons. The number of aryl methyl sites for hydroxylation is 3. The molecule has 0 bridgehead atoms. The van der Waals surface area contributed by atoms with Crippen LogP contribution < -0.4 is 0 Å². The number of carbonyl (C=O) groups is 1. The molecule has 166 valence electrons. The van der Waals surface area contributed by atoms with E-state index in [4.69, 9.17) is 9.72 Å². The number of carboxylic acid groups (broad SMARTS) is 1. The number of benzene rings is 1. The summed E-state index contributed by atoms with van der Waals surface area (Å²) in [5.41, 5.74) is 6.77. The van der Waals surface area contributed by atoms with Crippen molar-refractivity contribution in [2.45, 2.75) is 65.1 Å². The number of ether oxygens (including phenoxy) is 1. The van der Waals surface area contributed by atoms with Gasteiger partial charge in [0.2, 0.25) is 0 Å². The first-order chi connectivity index (χ1) is 15.2. The van der Waals surface area contributed by atoms with Gasteiger partial charge in [-0.3, -0.25) is 0 Å². The zero-order valence-electron chi connectivity index (χ0n) is 18.7. The van der Waals surface area contributed by atoms with Crippen LogP contribution in [0.25, 0.3) is 31.6 Å². The van der Waals surface area contributed by atoms with Crippen molar-refractivity contribution in [2.24, 2.45) is 0 Å². The minimum absolute atomic E-state index is 0.616. The third-order valence-corrected chi connectivity index (χ3v) is 7.90. The van der Waals surface area contributed by atoms with Gasteiger partial charge in [0.25, 0.3) is 0 Å². The highest BCUT2D eigenvalue weighted by atomic mass is 32.1. The Morgan fingerprint density at radius 3 is 2.75 bits per heavy atom. The molecule has 1 unspecified atom stereocenters. The predicted molar refractivity (Wildman–Crippen MR) is 131 cm³/mol. The van der Waals surface area contributed by atoms with E-state index >= 15 is 0 Å². The molecule has 5 nitrogen and oxygen atoms in total. The van der Waals surface area contributed by atoms with Crippen LogP contribution in [0.2, 0.25) is 0 Å². The van der Waals surface area contributed by atoms with Gasteiger partial charge < -0.3 is 9.84 Å². The number of pyridine rings is 1. The predicted octanol–water partition coefficient (Wildman–Crippen LogP) is 6.70. The van der Waals surface area contributed by atoms with Crippen LogP contribution in [0, 0.1) is 6.92 Å². The van der Waals surface area contributed by atoms with Gasteiger partial charge in [-0.15, -0.1) is 22.7 Å². The number of hydrogen-bond acceptors (Lipinski definition) is 6. The highest BCUT2D eigenvalue weighted by Crippen LogP contribution is 2.46. The van der Waals surface area contributed by atoms with Gasteiger partial charge in [-0.05, 0) is 76.6 Å². The van der Waals surface area contributed by atoms with Crippen LogP contribution in [0.15, 0.2) is 23.7 Å². The molecule has 0 aliphatic heterocycles. The lowest BCUT2D eigenvalue weighted by molar-refractivity contribution is -0.160. The standard InChI is InChI=1S/C25H26N2O3S2/c1-13-19(22(24(28)29)30-25(2,3)4)20(14-9-10-18-16(11-14)26-12-31-18)21-15-7-5-6-8-17(15)32-23(21)27-13/h9-12,22H,5-8H2,1-4H3,(H,28,29). The summed E-state index contributed by atoms with van der Waals surface area (Å²) in [6.45, 7) is 7.56. The number of aromatic nitrogens is 2. The molecule has 1 N–H and O–H groups in total. The van der Waals surface area contributed by atoms with Crippen molar-refractivity contribution in [3.05, 3.63) is 45.4 Å². The van der Waals surface area contributed by atoms with Crippen LogP contribution in [0.4, 0.5) is 0 Å². The van der Waals surface area contributed by atoms with E-state index in [1.807, 2.05) is 33.2 Å². The summed E-state index contributed by atoms with van der Waals surface area (Å²) in [6, 6.07) is 6.24. The number of rotatable bonds is 4. The summed E-state index contributed by atoms with van der Waals surface area (Å²) in [5.74, 6) is -0.996. The quantitative estimate of drug-likeness (QED) is 0.362. The Morgan fingerprint density at radius 1 is 1.22 bits per heavy atom. The maximum absolute atomic E-state index is 12.5. The fourth-order valence-electron chi connectivity index (χ4n) is 4.64. The minimum atomic E-state index is -1.10. The molecule has 0 saturated heterocycles. The molecule has 0 fully saturated rings. The molecule has 1 aromatic carbocycles. The third kappa shape index (κ3) is 3.72. The average Bonchev–Trinajstić information content (AvgIpc) is 3.33. The lowest BCUT2D eigenvalue weighted by Crippen LogP contribution is -2.28. The van der Waals surface area contributed by atoms with Crippen LogP contribution in [0.5, 0.6) is 0 Å². The van der Waals surface area contributed by atoms with E-state index in [-0.39, 0.29) is 0 Å². The van der Waals surface area contributed by atoms with Gasteiger partial charge in [-0.1, -0.05) is 6.07 Å². The van der Waals surface area contributed by atoms with Gasteiger partial charge in [0.15, 0.2) is 6.10 Å². The van der Waals surface area contributed by atoms with E-state index in [2.05, 4.69) is 23.2 Å². The first-order valence-electron chi connectivity index (χ1n) is 10.9. The highest BCUT2D eigenvalue weighted by molar-refractivity contribution is 7.19. The van der Waals surface area contributed by atoms with E-state index in [1.54, 1.807) is 22.7 Å². The van der Waals surface area contributed by atoms with Gasteiger partial charge in [-0.25, -0.2) is 14.8 Å². The molecular formula is C25H26N2O3S2. The van der Waals surface area contributed by atoms with Crippen LogP contribution in [0.3, 0.4) is 0 Å². The van der Waals surface area contributed by atoms with Crippen LogP contribution >= 0.6 is 22.7 Å². The first kappa shape index (κ1) is 21.5. The second-order valence-electron chi connectivity index (χ2n) is 9.36.